The molecule has 0 aromatic rings. The summed E-state index contributed by atoms with van der Waals surface area (Å²) in [4.78, 5) is 10.9. The molecular formula is C11H18O2. The van der Waals surface area contributed by atoms with Gasteiger partial charge in [-0.3, -0.25) is 0 Å². The van der Waals surface area contributed by atoms with Crippen LogP contribution in [0.25, 0.3) is 0 Å². The van der Waals surface area contributed by atoms with E-state index in [0.29, 0.717) is 6.61 Å². The van der Waals surface area contributed by atoms with E-state index in [1.807, 2.05) is 13.8 Å². The molecule has 2 nitrogen and oxygen atoms in total. The lowest BCUT2D eigenvalue weighted by Crippen LogP contribution is -2.09. The lowest BCUT2D eigenvalue weighted by atomic mass is 9.89. The Balaban J connectivity index is 4.13. The van der Waals surface area contributed by atoms with Crippen LogP contribution in [0.2, 0.25) is 0 Å². The first-order valence-corrected chi connectivity index (χ1v) is 4.71. The number of ether oxygens (including phenoxy) is 1. The molecule has 0 unspecified atom stereocenters. The first kappa shape index (κ1) is 12.0. The summed E-state index contributed by atoms with van der Waals surface area (Å²) in [6.07, 6.45) is 2.07. The van der Waals surface area contributed by atoms with Gasteiger partial charge in [0.1, 0.15) is 0 Å². The molecule has 0 radical (unpaired) electrons. The van der Waals surface area contributed by atoms with Crippen molar-refractivity contribution in [3.8, 4) is 11.8 Å². The quantitative estimate of drug-likeness (QED) is 0.380. The maximum atomic E-state index is 10.9. The van der Waals surface area contributed by atoms with E-state index >= 15 is 0 Å². The van der Waals surface area contributed by atoms with Gasteiger partial charge in [0.25, 0.3) is 0 Å². The van der Waals surface area contributed by atoms with Crippen molar-refractivity contribution in [2.24, 2.45) is 5.41 Å². The van der Waals surface area contributed by atoms with Crippen LogP contribution in [0.3, 0.4) is 0 Å². The van der Waals surface area contributed by atoms with Gasteiger partial charge in [0.15, 0.2) is 0 Å². The number of carbonyl (C=O) groups excluding carboxylic acids is 1. The van der Waals surface area contributed by atoms with Gasteiger partial charge in [0.2, 0.25) is 0 Å². The zero-order valence-electron chi connectivity index (χ0n) is 8.94. The van der Waals surface area contributed by atoms with Crippen molar-refractivity contribution in [3.63, 3.8) is 0 Å². The molecular weight excluding hydrogens is 164 g/mol. The monoisotopic (exact) mass is 182 g/mol. The Morgan fingerprint density at radius 1 is 1.38 bits per heavy atom. The molecule has 0 heterocycles. The van der Waals surface area contributed by atoms with Crippen molar-refractivity contribution in [1.82, 2.24) is 0 Å². The minimum atomic E-state index is -0.424. The molecule has 0 rings (SSSR count). The van der Waals surface area contributed by atoms with E-state index in [1.54, 1.807) is 6.92 Å². The highest BCUT2D eigenvalue weighted by atomic mass is 16.5. The maximum absolute atomic E-state index is 10.9. The van der Waals surface area contributed by atoms with Crippen molar-refractivity contribution in [1.29, 1.82) is 0 Å². The Hall–Kier alpha value is -0.970. The predicted octanol–water partition coefficient (Wildman–Crippen LogP) is 2.38. The fraction of sp³-hybridized carbons (Fsp3) is 0.727. The minimum Gasteiger partial charge on any atom is -0.456 e. The second-order valence-corrected chi connectivity index (χ2v) is 3.60. The molecule has 0 spiro atoms. The van der Waals surface area contributed by atoms with E-state index in [0.717, 1.165) is 12.8 Å². The molecule has 0 atom stereocenters. The average molecular weight is 182 g/mol. The Morgan fingerprint density at radius 2 is 2.00 bits per heavy atom. The van der Waals surface area contributed by atoms with Crippen molar-refractivity contribution in [2.75, 3.05) is 6.61 Å². The fourth-order valence-electron chi connectivity index (χ4n) is 1.07. The van der Waals surface area contributed by atoms with Gasteiger partial charge in [-0.25, -0.2) is 4.79 Å². The fourth-order valence-corrected chi connectivity index (χ4v) is 1.07. The van der Waals surface area contributed by atoms with Crippen molar-refractivity contribution < 1.29 is 9.53 Å². The maximum Gasteiger partial charge on any atom is 0.384 e. The minimum absolute atomic E-state index is 0.0818. The Morgan fingerprint density at radius 3 is 2.46 bits per heavy atom. The Labute approximate surface area is 80.7 Å². The summed E-state index contributed by atoms with van der Waals surface area (Å²) in [6.45, 7) is 8.33. The lowest BCUT2D eigenvalue weighted by Gasteiger charge is -2.14. The second kappa shape index (κ2) is 5.64. The molecule has 0 bridgehead atoms. The first-order chi connectivity index (χ1) is 6.02. The SMILES string of the molecule is CCCC(C)(C)C#CC(=O)OCC. The molecule has 0 aliphatic rings. The van der Waals surface area contributed by atoms with Gasteiger partial charge < -0.3 is 4.74 Å². The van der Waals surface area contributed by atoms with Gasteiger partial charge in [0.05, 0.1) is 6.61 Å². The highest BCUT2D eigenvalue weighted by Crippen LogP contribution is 2.20. The smallest absolute Gasteiger partial charge is 0.384 e. The summed E-state index contributed by atoms with van der Waals surface area (Å²) in [5, 5.41) is 0. The van der Waals surface area contributed by atoms with Gasteiger partial charge >= 0.3 is 5.97 Å². The molecule has 0 aromatic carbocycles. The van der Waals surface area contributed by atoms with Crippen molar-refractivity contribution in [2.45, 2.75) is 40.5 Å². The Kier molecular flexibility index (Phi) is 5.22. The van der Waals surface area contributed by atoms with Crippen LogP contribution in [0.5, 0.6) is 0 Å². The van der Waals surface area contributed by atoms with Crippen LogP contribution in [0.4, 0.5) is 0 Å². The predicted molar refractivity (Wildman–Crippen MR) is 53.1 cm³/mol. The van der Waals surface area contributed by atoms with Crippen molar-refractivity contribution >= 4 is 5.97 Å². The molecule has 0 amide bonds. The lowest BCUT2D eigenvalue weighted by molar-refractivity contribution is -0.136. The molecule has 2 heteroatoms. The molecule has 0 aliphatic heterocycles. The first-order valence-electron chi connectivity index (χ1n) is 4.71. The van der Waals surface area contributed by atoms with Gasteiger partial charge in [0, 0.05) is 11.3 Å². The van der Waals surface area contributed by atoms with E-state index in [-0.39, 0.29) is 5.41 Å². The van der Waals surface area contributed by atoms with E-state index in [1.165, 1.54) is 0 Å². The molecule has 0 aliphatic carbocycles. The summed E-state index contributed by atoms with van der Waals surface area (Å²) in [5.74, 6) is 4.99. The highest BCUT2D eigenvalue weighted by Gasteiger charge is 2.12. The van der Waals surface area contributed by atoms with Gasteiger partial charge in [-0.1, -0.05) is 19.3 Å². The third kappa shape index (κ3) is 6.21. The van der Waals surface area contributed by atoms with Crippen LogP contribution >= 0.6 is 0 Å². The number of hydrogen-bond donors (Lipinski definition) is 0. The summed E-state index contributed by atoms with van der Waals surface area (Å²) in [6, 6.07) is 0. The van der Waals surface area contributed by atoms with Crippen LogP contribution in [0.1, 0.15) is 40.5 Å². The summed E-state index contributed by atoms with van der Waals surface area (Å²) >= 11 is 0. The summed E-state index contributed by atoms with van der Waals surface area (Å²) in [5.41, 5.74) is -0.0818. The zero-order chi connectivity index (χ0) is 10.3. The van der Waals surface area contributed by atoms with Crippen LogP contribution in [-0.4, -0.2) is 12.6 Å². The molecule has 0 N–H and O–H groups in total. The third-order valence-corrected chi connectivity index (χ3v) is 1.65. The van der Waals surface area contributed by atoms with E-state index in [4.69, 9.17) is 4.74 Å². The summed E-state index contributed by atoms with van der Waals surface area (Å²) in [7, 11) is 0. The molecule has 0 fully saturated rings. The largest absolute Gasteiger partial charge is 0.456 e. The third-order valence-electron chi connectivity index (χ3n) is 1.65. The number of rotatable bonds is 3. The number of carbonyl (C=O) groups is 1. The molecule has 0 saturated heterocycles. The average Bonchev–Trinajstić information content (AvgIpc) is 2.02. The van der Waals surface area contributed by atoms with Crippen molar-refractivity contribution in [3.05, 3.63) is 0 Å². The second-order valence-electron chi connectivity index (χ2n) is 3.60. The van der Waals surface area contributed by atoms with Gasteiger partial charge in [-0.15, -0.1) is 0 Å². The number of hydrogen-bond acceptors (Lipinski definition) is 2. The van der Waals surface area contributed by atoms with Crippen LogP contribution in [-0.2, 0) is 9.53 Å². The van der Waals surface area contributed by atoms with Gasteiger partial charge in [-0.05, 0) is 27.2 Å². The van der Waals surface area contributed by atoms with E-state index in [2.05, 4.69) is 18.8 Å². The topological polar surface area (TPSA) is 26.3 Å². The summed E-state index contributed by atoms with van der Waals surface area (Å²) < 4.78 is 4.70. The van der Waals surface area contributed by atoms with Gasteiger partial charge in [-0.2, -0.15) is 0 Å². The molecule has 74 valence electrons. The Bertz CT molecular complexity index is 218. The highest BCUT2D eigenvalue weighted by molar-refractivity contribution is 5.88. The normalized spacial score (nSPS) is 10.2. The molecule has 0 aromatic heterocycles. The van der Waals surface area contributed by atoms with Crippen LogP contribution in [0.15, 0.2) is 0 Å². The van der Waals surface area contributed by atoms with E-state index < -0.39 is 5.97 Å². The number of esters is 1. The molecule has 0 saturated carbocycles. The van der Waals surface area contributed by atoms with E-state index in [9.17, 15) is 4.79 Å². The zero-order valence-corrected chi connectivity index (χ0v) is 8.94. The standard InChI is InChI=1S/C11H18O2/c1-5-8-11(3,4)9-7-10(12)13-6-2/h5-6,8H2,1-4H3. The van der Waals surface area contributed by atoms with Crippen LogP contribution in [0, 0.1) is 17.3 Å². The van der Waals surface area contributed by atoms with Crippen LogP contribution < -0.4 is 0 Å². The molecule has 13 heavy (non-hydrogen) atoms.